The predicted octanol–water partition coefficient (Wildman–Crippen LogP) is 1.82. The van der Waals surface area contributed by atoms with E-state index in [2.05, 4.69) is 34.5 Å². The van der Waals surface area contributed by atoms with Gasteiger partial charge in [-0.1, -0.05) is 18.2 Å². The van der Waals surface area contributed by atoms with Crippen LogP contribution in [-0.2, 0) is 11.2 Å². The van der Waals surface area contributed by atoms with Gasteiger partial charge in [-0.25, -0.2) is 0 Å². The van der Waals surface area contributed by atoms with E-state index in [0.717, 1.165) is 26.1 Å². The Morgan fingerprint density at radius 2 is 2.00 bits per heavy atom. The van der Waals surface area contributed by atoms with Gasteiger partial charge >= 0.3 is 0 Å². The van der Waals surface area contributed by atoms with Gasteiger partial charge in [-0.2, -0.15) is 0 Å². The molecular formula is C16H25N3O. The van der Waals surface area contributed by atoms with Gasteiger partial charge in [0, 0.05) is 31.4 Å². The highest BCUT2D eigenvalue weighted by atomic mass is 16.2. The lowest BCUT2D eigenvalue weighted by atomic mass is 9.99. The topological polar surface area (TPSA) is 35.6 Å². The van der Waals surface area contributed by atoms with Crippen LogP contribution in [0.3, 0.4) is 0 Å². The van der Waals surface area contributed by atoms with Crippen molar-refractivity contribution in [2.24, 2.45) is 0 Å². The maximum Gasteiger partial charge on any atom is 0.236 e. The number of fused-ring (bicyclic) bond motifs is 1. The molecule has 1 amide bonds. The number of carbonyl (C=O) groups is 1. The first kappa shape index (κ1) is 14.9. The summed E-state index contributed by atoms with van der Waals surface area (Å²) in [4.78, 5) is 16.2. The van der Waals surface area contributed by atoms with Crippen molar-refractivity contribution >= 4 is 11.6 Å². The highest BCUT2D eigenvalue weighted by Gasteiger charge is 2.23. The molecule has 0 aliphatic carbocycles. The van der Waals surface area contributed by atoms with Crippen molar-refractivity contribution < 1.29 is 4.79 Å². The molecule has 4 nitrogen and oxygen atoms in total. The zero-order chi connectivity index (χ0) is 14.5. The van der Waals surface area contributed by atoms with Crippen LogP contribution < -0.4 is 5.32 Å². The number of nitrogens with zero attached hydrogens (tertiary/aromatic N) is 2. The molecule has 1 aliphatic rings. The number of hydrogen-bond acceptors (Lipinski definition) is 3. The minimum atomic E-state index is 0.219. The largest absolute Gasteiger partial charge is 0.383 e. The van der Waals surface area contributed by atoms with Crippen molar-refractivity contribution in [3.63, 3.8) is 0 Å². The molecule has 0 saturated carbocycles. The zero-order valence-corrected chi connectivity index (χ0v) is 12.7. The SMILES string of the molecule is CCN(CC)C(=O)CN(C)C1CNc2ccccc2C1. The Kier molecular flexibility index (Phi) is 5.01. The molecule has 1 N–H and O–H groups in total. The first-order valence-corrected chi connectivity index (χ1v) is 7.45. The fraction of sp³-hybridized carbons (Fsp3) is 0.562. The quantitative estimate of drug-likeness (QED) is 0.890. The maximum absolute atomic E-state index is 12.2. The van der Waals surface area contributed by atoms with Crippen molar-refractivity contribution in [1.82, 2.24) is 9.80 Å². The number of para-hydroxylation sites is 1. The smallest absolute Gasteiger partial charge is 0.236 e. The van der Waals surface area contributed by atoms with Crippen LogP contribution in [0.2, 0.25) is 0 Å². The van der Waals surface area contributed by atoms with Gasteiger partial charge in [-0.15, -0.1) is 0 Å². The Morgan fingerprint density at radius 1 is 1.30 bits per heavy atom. The fourth-order valence-electron chi connectivity index (χ4n) is 2.75. The molecule has 0 fully saturated rings. The molecule has 20 heavy (non-hydrogen) atoms. The number of rotatable bonds is 5. The standard InChI is InChI=1S/C16H25N3O/c1-4-19(5-2)16(20)12-18(3)14-10-13-8-6-7-9-15(13)17-11-14/h6-9,14,17H,4-5,10-12H2,1-3H3. The highest BCUT2D eigenvalue weighted by molar-refractivity contribution is 5.78. The second-order valence-electron chi connectivity index (χ2n) is 5.38. The van der Waals surface area contributed by atoms with Crippen LogP contribution in [0.25, 0.3) is 0 Å². The summed E-state index contributed by atoms with van der Waals surface area (Å²) < 4.78 is 0. The Bertz CT molecular complexity index is 457. The number of likely N-dealkylation sites (N-methyl/N-ethyl adjacent to an activating group) is 2. The Balaban J connectivity index is 1.94. The molecule has 0 bridgehead atoms. The van der Waals surface area contributed by atoms with E-state index < -0.39 is 0 Å². The minimum absolute atomic E-state index is 0.219. The number of hydrogen-bond donors (Lipinski definition) is 1. The van der Waals surface area contributed by atoms with Crippen LogP contribution in [-0.4, -0.2) is 55.0 Å². The molecule has 2 rings (SSSR count). The van der Waals surface area contributed by atoms with E-state index in [0.29, 0.717) is 12.6 Å². The van der Waals surface area contributed by atoms with Gasteiger partial charge in [0.25, 0.3) is 0 Å². The third kappa shape index (κ3) is 3.31. The number of benzene rings is 1. The van der Waals surface area contributed by atoms with Gasteiger partial charge in [-0.05, 0) is 38.9 Å². The zero-order valence-electron chi connectivity index (χ0n) is 12.7. The summed E-state index contributed by atoms with van der Waals surface area (Å²) in [6.07, 6.45) is 1.01. The molecule has 4 heteroatoms. The summed E-state index contributed by atoms with van der Waals surface area (Å²) in [5.74, 6) is 0.219. The summed E-state index contributed by atoms with van der Waals surface area (Å²) >= 11 is 0. The van der Waals surface area contributed by atoms with Crippen molar-refractivity contribution in [3.05, 3.63) is 29.8 Å². The second kappa shape index (κ2) is 6.75. The molecule has 0 saturated heterocycles. The molecule has 0 aromatic heterocycles. The summed E-state index contributed by atoms with van der Waals surface area (Å²) in [6.45, 7) is 7.03. The highest BCUT2D eigenvalue weighted by Crippen LogP contribution is 2.23. The van der Waals surface area contributed by atoms with Crippen molar-refractivity contribution in [2.75, 3.05) is 38.5 Å². The normalized spacial score (nSPS) is 17.5. The number of amides is 1. The molecular weight excluding hydrogens is 250 g/mol. The van der Waals surface area contributed by atoms with E-state index in [-0.39, 0.29) is 5.91 Å². The summed E-state index contributed by atoms with van der Waals surface area (Å²) in [6, 6.07) is 8.79. The second-order valence-corrected chi connectivity index (χ2v) is 5.38. The maximum atomic E-state index is 12.2. The average molecular weight is 275 g/mol. The molecule has 110 valence electrons. The molecule has 0 radical (unpaired) electrons. The number of nitrogens with one attached hydrogen (secondary N) is 1. The summed E-state index contributed by atoms with van der Waals surface area (Å²) in [5, 5.41) is 3.46. The lowest BCUT2D eigenvalue weighted by Crippen LogP contribution is -2.47. The van der Waals surface area contributed by atoms with Gasteiger partial charge in [0.1, 0.15) is 0 Å². The van der Waals surface area contributed by atoms with Crippen LogP contribution in [0.15, 0.2) is 24.3 Å². The van der Waals surface area contributed by atoms with Gasteiger partial charge in [-0.3, -0.25) is 9.69 Å². The Labute approximate surface area is 121 Å². The van der Waals surface area contributed by atoms with E-state index in [4.69, 9.17) is 0 Å². The van der Waals surface area contributed by atoms with Gasteiger partial charge in [0.05, 0.1) is 6.54 Å². The van der Waals surface area contributed by atoms with Crippen LogP contribution >= 0.6 is 0 Å². The van der Waals surface area contributed by atoms with Crippen molar-refractivity contribution in [1.29, 1.82) is 0 Å². The molecule has 1 aromatic rings. The number of anilines is 1. The van der Waals surface area contributed by atoms with Gasteiger partial charge < -0.3 is 10.2 Å². The van der Waals surface area contributed by atoms with E-state index in [9.17, 15) is 4.79 Å². The van der Waals surface area contributed by atoms with E-state index in [1.54, 1.807) is 0 Å². The molecule has 1 aliphatic heterocycles. The minimum Gasteiger partial charge on any atom is -0.383 e. The lowest BCUT2D eigenvalue weighted by molar-refractivity contribution is -0.132. The van der Waals surface area contributed by atoms with Crippen LogP contribution in [0.1, 0.15) is 19.4 Å². The summed E-state index contributed by atoms with van der Waals surface area (Å²) in [5.41, 5.74) is 2.57. The van der Waals surface area contributed by atoms with Crippen LogP contribution in [0.4, 0.5) is 5.69 Å². The van der Waals surface area contributed by atoms with E-state index in [1.165, 1.54) is 11.3 Å². The average Bonchev–Trinajstić information content (AvgIpc) is 2.48. The van der Waals surface area contributed by atoms with Gasteiger partial charge in [0.15, 0.2) is 0 Å². The van der Waals surface area contributed by atoms with Crippen LogP contribution in [0.5, 0.6) is 0 Å². The first-order valence-electron chi connectivity index (χ1n) is 7.45. The molecule has 1 aromatic carbocycles. The third-order valence-electron chi connectivity index (χ3n) is 4.13. The first-order chi connectivity index (χ1) is 9.65. The summed E-state index contributed by atoms with van der Waals surface area (Å²) in [7, 11) is 2.04. The third-order valence-corrected chi connectivity index (χ3v) is 4.13. The van der Waals surface area contributed by atoms with E-state index >= 15 is 0 Å². The van der Waals surface area contributed by atoms with E-state index in [1.807, 2.05) is 25.8 Å². The monoisotopic (exact) mass is 275 g/mol. The molecule has 1 atom stereocenters. The Morgan fingerprint density at radius 3 is 2.70 bits per heavy atom. The lowest BCUT2D eigenvalue weighted by Gasteiger charge is -2.34. The number of carbonyl (C=O) groups excluding carboxylic acids is 1. The van der Waals surface area contributed by atoms with Gasteiger partial charge in [0.2, 0.25) is 5.91 Å². The van der Waals surface area contributed by atoms with Crippen molar-refractivity contribution in [2.45, 2.75) is 26.3 Å². The molecule has 1 unspecified atom stereocenters. The van der Waals surface area contributed by atoms with Crippen molar-refractivity contribution in [3.8, 4) is 0 Å². The Hall–Kier alpha value is -1.55. The predicted molar refractivity (Wildman–Crippen MR) is 83.0 cm³/mol. The molecule has 0 spiro atoms. The van der Waals surface area contributed by atoms with Crippen LogP contribution in [0, 0.1) is 0 Å². The fourth-order valence-corrected chi connectivity index (χ4v) is 2.75. The molecule has 1 heterocycles.